The molecule has 0 saturated heterocycles. The minimum absolute atomic E-state index is 0.368. The molecule has 0 bridgehead atoms. The average Bonchev–Trinajstić information content (AvgIpc) is 2.26. The van der Waals surface area contributed by atoms with Crippen LogP contribution in [0.2, 0.25) is 0 Å². The van der Waals surface area contributed by atoms with Crippen LogP contribution >= 0.6 is 0 Å². The molecule has 0 amide bonds. The lowest BCUT2D eigenvalue weighted by Crippen LogP contribution is -2.14. The molecule has 1 rings (SSSR count). The summed E-state index contributed by atoms with van der Waals surface area (Å²) >= 11 is 0. The van der Waals surface area contributed by atoms with Gasteiger partial charge in [0.2, 0.25) is 0 Å². The van der Waals surface area contributed by atoms with Gasteiger partial charge in [-0.25, -0.2) is 4.79 Å². The number of hydrogen-bond acceptors (Lipinski definition) is 1. The summed E-state index contributed by atoms with van der Waals surface area (Å²) in [4.78, 5) is 10.6. The van der Waals surface area contributed by atoms with E-state index in [1.165, 1.54) is 32.1 Å². The Morgan fingerprint density at radius 3 is 2.27 bits per heavy atom. The molecule has 1 aliphatic rings. The smallest absolute Gasteiger partial charge is 0.330 e. The molecule has 0 spiro atoms. The minimum Gasteiger partial charge on any atom is -0.478 e. The number of aliphatic carboxylic acids is 1. The first-order chi connectivity index (χ1) is 7.13. The third kappa shape index (κ3) is 4.06. The second-order valence-electron chi connectivity index (χ2n) is 4.74. The minimum atomic E-state index is -0.836. The molecule has 15 heavy (non-hydrogen) atoms. The molecule has 0 aromatic heterocycles. The summed E-state index contributed by atoms with van der Waals surface area (Å²) in [6, 6.07) is 0. The first kappa shape index (κ1) is 12.3. The zero-order valence-corrected chi connectivity index (χ0v) is 9.67. The second-order valence-corrected chi connectivity index (χ2v) is 4.74. The first-order valence-corrected chi connectivity index (χ1v) is 6.04. The van der Waals surface area contributed by atoms with Gasteiger partial charge >= 0.3 is 5.97 Å². The molecular formula is C13H22O2. The molecule has 1 saturated carbocycles. The van der Waals surface area contributed by atoms with Crippen LogP contribution in [0.5, 0.6) is 0 Å². The summed E-state index contributed by atoms with van der Waals surface area (Å²) in [7, 11) is 0. The Kier molecular flexibility index (Phi) is 4.86. The van der Waals surface area contributed by atoms with Crippen LogP contribution in [-0.2, 0) is 4.79 Å². The lowest BCUT2D eigenvalue weighted by molar-refractivity contribution is -0.132. The molecule has 0 radical (unpaired) electrons. The molecule has 1 aliphatic carbocycles. The third-order valence-electron chi connectivity index (χ3n) is 3.70. The van der Waals surface area contributed by atoms with E-state index in [0.717, 1.165) is 18.3 Å². The van der Waals surface area contributed by atoms with E-state index in [1.54, 1.807) is 0 Å². The Morgan fingerprint density at radius 1 is 1.27 bits per heavy atom. The normalized spacial score (nSPS) is 26.2. The zero-order valence-electron chi connectivity index (χ0n) is 9.67. The Morgan fingerprint density at radius 2 is 1.80 bits per heavy atom. The molecule has 0 aromatic rings. The van der Waals surface area contributed by atoms with Crippen LogP contribution in [-0.4, -0.2) is 11.1 Å². The summed E-state index contributed by atoms with van der Waals surface area (Å²) < 4.78 is 0. The molecular weight excluding hydrogens is 188 g/mol. The summed E-state index contributed by atoms with van der Waals surface area (Å²) in [5.41, 5.74) is 0.368. The highest BCUT2D eigenvalue weighted by Gasteiger charge is 2.20. The van der Waals surface area contributed by atoms with E-state index >= 15 is 0 Å². The lowest BCUT2D eigenvalue weighted by atomic mass is 9.79. The zero-order chi connectivity index (χ0) is 11.3. The standard InChI is InChI=1S/C13H22O2/c1-3-11-6-8-12(9-7-11)5-4-10(2)13(14)15/h11-12H,2-9H2,1H3,(H,14,15). The van der Waals surface area contributed by atoms with Crippen molar-refractivity contribution in [2.45, 2.75) is 51.9 Å². The van der Waals surface area contributed by atoms with Crippen molar-refractivity contribution in [2.75, 3.05) is 0 Å². The van der Waals surface area contributed by atoms with Gasteiger partial charge in [-0.3, -0.25) is 0 Å². The van der Waals surface area contributed by atoms with Crippen LogP contribution < -0.4 is 0 Å². The van der Waals surface area contributed by atoms with Crippen molar-refractivity contribution in [3.05, 3.63) is 12.2 Å². The second kappa shape index (κ2) is 5.94. The van der Waals surface area contributed by atoms with Crippen molar-refractivity contribution in [3.8, 4) is 0 Å². The highest BCUT2D eigenvalue weighted by Crippen LogP contribution is 2.33. The van der Waals surface area contributed by atoms with Gasteiger partial charge in [-0.15, -0.1) is 0 Å². The fourth-order valence-corrected chi connectivity index (χ4v) is 2.41. The molecule has 0 aliphatic heterocycles. The summed E-state index contributed by atoms with van der Waals surface area (Å²) in [6.07, 6.45) is 8.21. The van der Waals surface area contributed by atoms with Crippen LogP contribution in [0.25, 0.3) is 0 Å². The Bertz CT molecular complexity index is 225. The molecule has 2 nitrogen and oxygen atoms in total. The molecule has 86 valence electrons. The van der Waals surface area contributed by atoms with E-state index in [1.807, 2.05) is 0 Å². The van der Waals surface area contributed by atoms with Gasteiger partial charge < -0.3 is 5.11 Å². The Balaban J connectivity index is 2.19. The van der Waals surface area contributed by atoms with Gasteiger partial charge in [-0.05, 0) is 24.7 Å². The van der Waals surface area contributed by atoms with E-state index in [-0.39, 0.29) is 0 Å². The number of hydrogen-bond donors (Lipinski definition) is 1. The first-order valence-electron chi connectivity index (χ1n) is 6.04. The van der Waals surface area contributed by atoms with Crippen molar-refractivity contribution in [1.82, 2.24) is 0 Å². The Hall–Kier alpha value is -0.790. The van der Waals surface area contributed by atoms with Crippen LogP contribution in [0.3, 0.4) is 0 Å². The predicted molar refractivity (Wildman–Crippen MR) is 61.7 cm³/mol. The van der Waals surface area contributed by atoms with Crippen molar-refractivity contribution in [1.29, 1.82) is 0 Å². The number of carboxylic acid groups (broad SMARTS) is 1. The SMILES string of the molecule is C=C(CCC1CCC(CC)CC1)C(=O)O. The highest BCUT2D eigenvalue weighted by molar-refractivity contribution is 5.85. The largest absolute Gasteiger partial charge is 0.478 e. The topological polar surface area (TPSA) is 37.3 Å². The van der Waals surface area contributed by atoms with E-state index in [2.05, 4.69) is 13.5 Å². The number of carboxylic acids is 1. The third-order valence-corrected chi connectivity index (χ3v) is 3.70. The fraction of sp³-hybridized carbons (Fsp3) is 0.769. The number of carbonyl (C=O) groups is 1. The van der Waals surface area contributed by atoms with E-state index in [9.17, 15) is 4.79 Å². The van der Waals surface area contributed by atoms with E-state index in [0.29, 0.717) is 12.0 Å². The van der Waals surface area contributed by atoms with Gasteiger partial charge in [0.15, 0.2) is 0 Å². The summed E-state index contributed by atoms with van der Waals surface area (Å²) in [6.45, 7) is 5.83. The highest BCUT2D eigenvalue weighted by atomic mass is 16.4. The van der Waals surface area contributed by atoms with Crippen LogP contribution in [0, 0.1) is 11.8 Å². The monoisotopic (exact) mass is 210 g/mol. The number of rotatable bonds is 5. The average molecular weight is 210 g/mol. The van der Waals surface area contributed by atoms with Crippen molar-refractivity contribution in [2.24, 2.45) is 11.8 Å². The van der Waals surface area contributed by atoms with Crippen LogP contribution in [0.15, 0.2) is 12.2 Å². The molecule has 0 atom stereocenters. The van der Waals surface area contributed by atoms with Crippen LogP contribution in [0.4, 0.5) is 0 Å². The summed E-state index contributed by atoms with van der Waals surface area (Å²) in [5, 5.41) is 8.69. The molecule has 0 heterocycles. The van der Waals surface area contributed by atoms with Crippen LogP contribution in [0.1, 0.15) is 51.9 Å². The van der Waals surface area contributed by atoms with E-state index < -0.39 is 5.97 Å². The lowest BCUT2D eigenvalue weighted by Gasteiger charge is -2.27. The molecule has 2 heteroatoms. The van der Waals surface area contributed by atoms with Gasteiger partial charge in [0.05, 0.1) is 0 Å². The van der Waals surface area contributed by atoms with Gasteiger partial charge in [0.25, 0.3) is 0 Å². The van der Waals surface area contributed by atoms with Gasteiger partial charge in [-0.2, -0.15) is 0 Å². The fourth-order valence-electron chi connectivity index (χ4n) is 2.41. The quantitative estimate of drug-likeness (QED) is 0.704. The van der Waals surface area contributed by atoms with Gasteiger partial charge in [0.1, 0.15) is 0 Å². The van der Waals surface area contributed by atoms with Crippen molar-refractivity contribution < 1.29 is 9.90 Å². The van der Waals surface area contributed by atoms with Gasteiger partial charge in [-0.1, -0.05) is 45.6 Å². The Labute approximate surface area is 92.4 Å². The predicted octanol–water partition coefficient (Wildman–Crippen LogP) is 3.62. The van der Waals surface area contributed by atoms with Crippen molar-refractivity contribution in [3.63, 3.8) is 0 Å². The van der Waals surface area contributed by atoms with Gasteiger partial charge in [0, 0.05) is 5.57 Å². The van der Waals surface area contributed by atoms with E-state index in [4.69, 9.17) is 5.11 Å². The molecule has 0 aromatic carbocycles. The maximum atomic E-state index is 10.6. The molecule has 1 N–H and O–H groups in total. The summed E-state index contributed by atoms with van der Waals surface area (Å²) in [5.74, 6) is 0.824. The molecule has 0 unspecified atom stereocenters. The maximum absolute atomic E-state index is 10.6. The molecule has 1 fully saturated rings. The van der Waals surface area contributed by atoms with Crippen molar-refractivity contribution >= 4 is 5.97 Å². The maximum Gasteiger partial charge on any atom is 0.330 e.